The highest BCUT2D eigenvalue weighted by molar-refractivity contribution is 5.74. The first-order valence-electron chi connectivity index (χ1n) is 8.14. The summed E-state index contributed by atoms with van der Waals surface area (Å²) in [6.45, 7) is 3.63. The second-order valence-electron chi connectivity index (χ2n) is 6.23. The van der Waals surface area contributed by atoms with Crippen molar-refractivity contribution in [2.45, 2.75) is 63.8 Å². The zero-order valence-electron chi connectivity index (χ0n) is 13.0. The van der Waals surface area contributed by atoms with Gasteiger partial charge in [0.25, 0.3) is 0 Å². The molecule has 3 atom stereocenters. The summed E-state index contributed by atoms with van der Waals surface area (Å²) in [5.41, 5.74) is 0. The van der Waals surface area contributed by atoms with Gasteiger partial charge in [0.1, 0.15) is 0 Å². The summed E-state index contributed by atoms with van der Waals surface area (Å²) >= 11 is 0. The molecule has 128 valence electrons. The fourth-order valence-electron chi connectivity index (χ4n) is 3.27. The van der Waals surface area contributed by atoms with Crippen LogP contribution in [0.1, 0.15) is 45.4 Å². The minimum atomic E-state index is -4.16. The number of halogens is 3. The van der Waals surface area contributed by atoms with E-state index >= 15 is 0 Å². The van der Waals surface area contributed by atoms with E-state index in [4.69, 9.17) is 4.74 Å². The van der Waals surface area contributed by atoms with Crippen molar-refractivity contribution in [1.82, 2.24) is 10.2 Å². The molecule has 0 radical (unpaired) electrons. The van der Waals surface area contributed by atoms with E-state index in [1.807, 2.05) is 6.92 Å². The van der Waals surface area contributed by atoms with Crippen LogP contribution in [0, 0.1) is 5.92 Å². The summed E-state index contributed by atoms with van der Waals surface area (Å²) in [6.07, 6.45) is -0.882. The van der Waals surface area contributed by atoms with E-state index in [0.29, 0.717) is 25.9 Å². The zero-order chi connectivity index (χ0) is 16.2. The van der Waals surface area contributed by atoms with Crippen LogP contribution in [0.25, 0.3) is 0 Å². The van der Waals surface area contributed by atoms with Gasteiger partial charge in [-0.3, -0.25) is 0 Å². The number of hydrogen-bond donors (Lipinski definition) is 1. The highest BCUT2D eigenvalue weighted by Gasteiger charge is 2.42. The fraction of sp³-hybridized carbons (Fsp3) is 0.933. The molecule has 1 aliphatic heterocycles. The Kier molecular flexibility index (Phi) is 5.94. The first-order valence-corrected chi connectivity index (χ1v) is 8.14. The van der Waals surface area contributed by atoms with E-state index < -0.39 is 12.1 Å². The van der Waals surface area contributed by atoms with Gasteiger partial charge in [-0.1, -0.05) is 6.42 Å². The van der Waals surface area contributed by atoms with Gasteiger partial charge in [-0.2, -0.15) is 13.2 Å². The van der Waals surface area contributed by atoms with Crippen molar-refractivity contribution in [3.05, 3.63) is 0 Å². The normalized spacial score (nSPS) is 29.4. The molecule has 1 heterocycles. The SMILES string of the molecule is CCN(C[C@@H]1CCCO1)C(=O)N[C@@H]1CCC[C@H](C(F)(F)F)C1. The lowest BCUT2D eigenvalue weighted by Gasteiger charge is -2.33. The number of carbonyl (C=O) groups is 1. The van der Waals surface area contributed by atoms with E-state index in [1.165, 1.54) is 0 Å². The van der Waals surface area contributed by atoms with E-state index in [2.05, 4.69) is 5.32 Å². The standard InChI is InChI=1S/C15H25F3N2O2/c1-2-20(10-13-7-4-8-22-13)14(21)19-12-6-3-5-11(9-12)15(16,17)18/h11-13H,2-10H2,1H3,(H,19,21)/t11-,12+,13-/m0/s1. The fourth-order valence-corrected chi connectivity index (χ4v) is 3.27. The van der Waals surface area contributed by atoms with Crippen molar-refractivity contribution in [3.8, 4) is 0 Å². The van der Waals surface area contributed by atoms with Crippen molar-refractivity contribution in [2.75, 3.05) is 19.7 Å². The maximum absolute atomic E-state index is 12.8. The minimum Gasteiger partial charge on any atom is -0.376 e. The lowest BCUT2D eigenvalue weighted by atomic mass is 9.85. The summed E-state index contributed by atoms with van der Waals surface area (Å²) in [5, 5.41) is 2.78. The van der Waals surface area contributed by atoms with E-state index in [1.54, 1.807) is 4.90 Å². The molecule has 1 N–H and O–H groups in total. The van der Waals surface area contributed by atoms with Crippen LogP contribution in [0.15, 0.2) is 0 Å². The van der Waals surface area contributed by atoms with Crippen LogP contribution in [0.2, 0.25) is 0 Å². The number of nitrogens with zero attached hydrogens (tertiary/aromatic N) is 1. The molecule has 0 spiro atoms. The Morgan fingerprint density at radius 2 is 2.05 bits per heavy atom. The second kappa shape index (κ2) is 7.53. The summed E-state index contributed by atoms with van der Waals surface area (Å²) < 4.78 is 43.9. The molecule has 1 aliphatic carbocycles. The summed E-state index contributed by atoms with van der Waals surface area (Å²) in [5.74, 6) is -1.29. The van der Waals surface area contributed by atoms with Crippen molar-refractivity contribution in [2.24, 2.45) is 5.92 Å². The molecule has 7 heteroatoms. The largest absolute Gasteiger partial charge is 0.391 e. The predicted molar refractivity (Wildman–Crippen MR) is 76.6 cm³/mol. The molecule has 2 rings (SSSR count). The molecule has 0 aromatic carbocycles. The summed E-state index contributed by atoms with van der Waals surface area (Å²) in [6, 6.07) is -0.655. The van der Waals surface area contributed by atoms with Gasteiger partial charge >= 0.3 is 12.2 Å². The first kappa shape index (κ1) is 17.4. The average molecular weight is 322 g/mol. The molecule has 2 fully saturated rings. The van der Waals surface area contributed by atoms with E-state index in [-0.39, 0.29) is 31.0 Å². The Labute approximate surface area is 129 Å². The maximum atomic E-state index is 12.8. The number of rotatable bonds is 4. The molecule has 0 bridgehead atoms. The van der Waals surface area contributed by atoms with E-state index in [0.717, 1.165) is 19.4 Å². The third kappa shape index (κ3) is 4.76. The lowest BCUT2D eigenvalue weighted by Crippen LogP contribution is -2.49. The van der Waals surface area contributed by atoms with Gasteiger partial charge in [-0.05, 0) is 39.0 Å². The van der Waals surface area contributed by atoms with Crippen LogP contribution in [0.3, 0.4) is 0 Å². The third-order valence-corrected chi connectivity index (χ3v) is 4.58. The van der Waals surface area contributed by atoms with Crippen LogP contribution in [-0.4, -0.2) is 48.9 Å². The topological polar surface area (TPSA) is 41.6 Å². The number of nitrogens with one attached hydrogen (secondary N) is 1. The lowest BCUT2D eigenvalue weighted by molar-refractivity contribution is -0.183. The Hall–Kier alpha value is -0.980. The molecule has 0 unspecified atom stereocenters. The van der Waals surface area contributed by atoms with Crippen LogP contribution in [0.5, 0.6) is 0 Å². The Morgan fingerprint density at radius 3 is 2.64 bits per heavy atom. The highest BCUT2D eigenvalue weighted by Crippen LogP contribution is 2.37. The van der Waals surface area contributed by atoms with Crippen LogP contribution in [-0.2, 0) is 4.74 Å². The number of alkyl halides is 3. The van der Waals surface area contributed by atoms with Crippen molar-refractivity contribution >= 4 is 6.03 Å². The monoisotopic (exact) mass is 322 g/mol. The highest BCUT2D eigenvalue weighted by atomic mass is 19.4. The molecule has 2 amide bonds. The van der Waals surface area contributed by atoms with Gasteiger partial charge in [-0.25, -0.2) is 4.79 Å². The molecule has 0 aromatic heterocycles. The smallest absolute Gasteiger partial charge is 0.376 e. The van der Waals surface area contributed by atoms with Gasteiger partial charge in [0.15, 0.2) is 0 Å². The molecule has 0 aromatic rings. The predicted octanol–water partition coefficient (Wildman–Crippen LogP) is 3.32. The molecular formula is C15H25F3N2O2. The van der Waals surface area contributed by atoms with Gasteiger partial charge in [-0.15, -0.1) is 0 Å². The van der Waals surface area contributed by atoms with Crippen LogP contribution >= 0.6 is 0 Å². The number of urea groups is 1. The number of likely N-dealkylation sites (N-methyl/N-ethyl adjacent to an activating group) is 1. The Morgan fingerprint density at radius 1 is 1.27 bits per heavy atom. The van der Waals surface area contributed by atoms with Crippen LogP contribution in [0.4, 0.5) is 18.0 Å². The quantitative estimate of drug-likeness (QED) is 0.863. The minimum absolute atomic E-state index is 0.00722. The van der Waals surface area contributed by atoms with Crippen molar-refractivity contribution < 1.29 is 22.7 Å². The Balaban J connectivity index is 1.83. The van der Waals surface area contributed by atoms with Gasteiger partial charge < -0.3 is 15.0 Å². The number of hydrogen-bond acceptors (Lipinski definition) is 2. The van der Waals surface area contributed by atoms with Crippen LogP contribution < -0.4 is 5.32 Å². The molecule has 4 nitrogen and oxygen atoms in total. The van der Waals surface area contributed by atoms with Crippen molar-refractivity contribution in [3.63, 3.8) is 0 Å². The maximum Gasteiger partial charge on any atom is 0.391 e. The third-order valence-electron chi connectivity index (χ3n) is 4.58. The van der Waals surface area contributed by atoms with Gasteiger partial charge in [0.2, 0.25) is 0 Å². The summed E-state index contributed by atoms with van der Waals surface area (Å²) in [7, 11) is 0. The molecule has 2 aliphatic rings. The van der Waals surface area contributed by atoms with Gasteiger partial charge in [0.05, 0.1) is 12.0 Å². The number of carbonyl (C=O) groups excluding carboxylic acids is 1. The zero-order valence-corrected chi connectivity index (χ0v) is 13.0. The van der Waals surface area contributed by atoms with Gasteiger partial charge in [0, 0.05) is 25.7 Å². The molecule has 1 saturated heterocycles. The number of ether oxygens (including phenoxy) is 1. The summed E-state index contributed by atoms with van der Waals surface area (Å²) in [4.78, 5) is 13.9. The number of amides is 2. The molecule has 1 saturated carbocycles. The molecule has 22 heavy (non-hydrogen) atoms. The van der Waals surface area contributed by atoms with Crippen molar-refractivity contribution in [1.29, 1.82) is 0 Å². The first-order chi connectivity index (χ1) is 10.4. The average Bonchev–Trinajstić information content (AvgIpc) is 2.97. The Bertz CT molecular complexity index is 370. The van der Waals surface area contributed by atoms with E-state index in [9.17, 15) is 18.0 Å². The second-order valence-corrected chi connectivity index (χ2v) is 6.23. The molecular weight excluding hydrogens is 297 g/mol.